The lowest BCUT2D eigenvalue weighted by molar-refractivity contribution is -0.116. The van der Waals surface area contributed by atoms with Crippen LogP contribution in [0, 0.1) is 5.82 Å². The van der Waals surface area contributed by atoms with Gasteiger partial charge in [-0.2, -0.15) is 0 Å². The van der Waals surface area contributed by atoms with Crippen molar-refractivity contribution in [2.45, 2.75) is 26.4 Å². The smallest absolute Gasteiger partial charge is 0.323 e. The van der Waals surface area contributed by atoms with Crippen LogP contribution in [-0.4, -0.2) is 15.0 Å². The van der Waals surface area contributed by atoms with Gasteiger partial charge in [0.1, 0.15) is 17.1 Å². The Kier molecular flexibility index (Phi) is 5.24. The Morgan fingerprint density at radius 1 is 1.27 bits per heavy atom. The summed E-state index contributed by atoms with van der Waals surface area (Å²) in [5, 5.41) is 4.37. The van der Waals surface area contributed by atoms with Crippen molar-refractivity contribution in [3.63, 3.8) is 0 Å². The molecule has 0 unspecified atom stereocenters. The van der Waals surface area contributed by atoms with Crippen LogP contribution in [0.1, 0.15) is 13.3 Å². The number of hydrogen-bond donors (Lipinski definition) is 1. The highest BCUT2D eigenvalue weighted by Gasteiger charge is 2.16. The quantitative estimate of drug-likeness (QED) is 0.721. The lowest BCUT2D eigenvalue weighted by Gasteiger charge is -2.12. The predicted molar refractivity (Wildman–Crippen MR) is 101 cm³/mol. The summed E-state index contributed by atoms with van der Waals surface area (Å²) in [4.78, 5) is 37.5. The number of amides is 1. The summed E-state index contributed by atoms with van der Waals surface area (Å²) >= 11 is 7.16. The second-order valence-corrected chi connectivity index (χ2v) is 6.96. The molecule has 0 spiro atoms. The number of benzene rings is 1. The molecule has 0 bridgehead atoms. The van der Waals surface area contributed by atoms with Gasteiger partial charge in [0.25, 0.3) is 5.56 Å². The normalized spacial score (nSPS) is 11.0. The van der Waals surface area contributed by atoms with Crippen molar-refractivity contribution in [2.75, 3.05) is 5.32 Å². The van der Waals surface area contributed by atoms with Gasteiger partial charge >= 0.3 is 5.69 Å². The van der Waals surface area contributed by atoms with Gasteiger partial charge in [-0.25, -0.2) is 9.18 Å². The molecule has 3 aromatic rings. The maximum atomic E-state index is 13.3. The second kappa shape index (κ2) is 7.43. The van der Waals surface area contributed by atoms with Crippen LogP contribution >= 0.6 is 22.9 Å². The Balaban J connectivity index is 1.99. The summed E-state index contributed by atoms with van der Waals surface area (Å²) in [5.41, 5.74) is -0.388. The van der Waals surface area contributed by atoms with E-state index in [0.29, 0.717) is 16.6 Å². The van der Waals surface area contributed by atoms with E-state index in [-0.39, 0.29) is 29.4 Å². The van der Waals surface area contributed by atoms with E-state index in [1.165, 1.54) is 28.0 Å². The van der Waals surface area contributed by atoms with Crippen molar-refractivity contribution in [3.05, 3.63) is 61.3 Å². The van der Waals surface area contributed by atoms with Gasteiger partial charge in [-0.15, -0.1) is 11.3 Å². The molecule has 0 aliphatic heterocycles. The van der Waals surface area contributed by atoms with E-state index in [1.54, 1.807) is 11.4 Å². The molecule has 2 aromatic heterocycles. The lowest BCUT2D eigenvalue weighted by Crippen LogP contribution is -2.41. The molecule has 1 N–H and O–H groups in total. The van der Waals surface area contributed by atoms with Crippen molar-refractivity contribution in [3.8, 4) is 0 Å². The Morgan fingerprint density at radius 3 is 2.77 bits per heavy atom. The average Bonchev–Trinajstić information content (AvgIpc) is 3.08. The van der Waals surface area contributed by atoms with Crippen molar-refractivity contribution in [1.29, 1.82) is 0 Å². The Bertz CT molecular complexity index is 1100. The number of hydrogen-bond acceptors (Lipinski definition) is 4. The number of halogens is 2. The van der Waals surface area contributed by atoms with Gasteiger partial charge in [-0.1, -0.05) is 18.5 Å². The van der Waals surface area contributed by atoms with Crippen molar-refractivity contribution < 1.29 is 9.18 Å². The summed E-state index contributed by atoms with van der Waals surface area (Å²) in [6, 6.07) is 5.23. The minimum atomic E-state index is -0.553. The molecule has 9 heteroatoms. The number of aromatic nitrogens is 2. The minimum Gasteiger partial charge on any atom is -0.323 e. The van der Waals surface area contributed by atoms with E-state index >= 15 is 0 Å². The first-order valence-electron chi connectivity index (χ1n) is 7.88. The summed E-state index contributed by atoms with van der Waals surface area (Å²) in [6.45, 7) is 1.80. The zero-order valence-electron chi connectivity index (χ0n) is 13.8. The zero-order valence-corrected chi connectivity index (χ0v) is 15.4. The van der Waals surface area contributed by atoms with Crippen LogP contribution in [0.4, 0.5) is 10.1 Å². The van der Waals surface area contributed by atoms with Crippen molar-refractivity contribution in [2.24, 2.45) is 0 Å². The molecule has 0 aliphatic rings. The molecule has 0 saturated carbocycles. The summed E-state index contributed by atoms with van der Waals surface area (Å²) in [5.74, 6) is -1.09. The number of thiophene rings is 1. The molecular weight excluding hydrogens is 381 g/mol. The van der Waals surface area contributed by atoms with E-state index in [0.717, 1.165) is 10.6 Å². The highest BCUT2D eigenvalue weighted by molar-refractivity contribution is 7.17. The van der Waals surface area contributed by atoms with E-state index in [9.17, 15) is 18.8 Å². The summed E-state index contributed by atoms with van der Waals surface area (Å²) in [7, 11) is 0. The number of carbonyl (C=O) groups excluding carboxylic acids is 1. The molecule has 26 heavy (non-hydrogen) atoms. The van der Waals surface area contributed by atoms with Gasteiger partial charge < -0.3 is 5.32 Å². The van der Waals surface area contributed by atoms with Crippen LogP contribution in [-0.2, 0) is 17.9 Å². The molecular formula is C17H15ClFN3O3S. The molecule has 0 radical (unpaired) electrons. The fraction of sp³-hybridized carbons (Fsp3) is 0.235. The van der Waals surface area contributed by atoms with Gasteiger partial charge in [0.15, 0.2) is 0 Å². The third-order valence-corrected chi connectivity index (χ3v) is 5.01. The topological polar surface area (TPSA) is 73.1 Å². The fourth-order valence-electron chi connectivity index (χ4n) is 2.63. The van der Waals surface area contributed by atoms with Gasteiger partial charge in [-0.3, -0.25) is 18.7 Å². The third kappa shape index (κ3) is 3.42. The van der Waals surface area contributed by atoms with E-state index in [2.05, 4.69) is 5.32 Å². The van der Waals surface area contributed by atoms with Crippen molar-refractivity contribution in [1.82, 2.24) is 9.13 Å². The Morgan fingerprint density at radius 2 is 2.04 bits per heavy atom. The van der Waals surface area contributed by atoms with Gasteiger partial charge in [0.2, 0.25) is 5.91 Å². The second-order valence-electron chi connectivity index (χ2n) is 5.63. The van der Waals surface area contributed by atoms with Gasteiger partial charge in [0, 0.05) is 6.54 Å². The van der Waals surface area contributed by atoms with Crippen LogP contribution in [0.25, 0.3) is 10.2 Å². The number of carbonyl (C=O) groups is 1. The molecule has 6 nitrogen and oxygen atoms in total. The summed E-state index contributed by atoms with van der Waals surface area (Å²) in [6.07, 6.45) is 0.608. The number of rotatable bonds is 5. The Hall–Kier alpha value is -2.45. The molecule has 0 aliphatic carbocycles. The van der Waals surface area contributed by atoms with E-state index in [1.807, 2.05) is 6.92 Å². The van der Waals surface area contributed by atoms with Crippen LogP contribution in [0.5, 0.6) is 0 Å². The van der Waals surface area contributed by atoms with E-state index < -0.39 is 17.4 Å². The van der Waals surface area contributed by atoms with Gasteiger partial charge in [-0.05, 0) is 36.1 Å². The summed E-state index contributed by atoms with van der Waals surface area (Å²) < 4.78 is 16.1. The molecule has 1 amide bonds. The highest BCUT2D eigenvalue weighted by atomic mass is 35.5. The van der Waals surface area contributed by atoms with Crippen LogP contribution in [0.3, 0.4) is 0 Å². The monoisotopic (exact) mass is 395 g/mol. The first kappa shape index (κ1) is 18.3. The van der Waals surface area contributed by atoms with Crippen LogP contribution in [0.2, 0.25) is 5.02 Å². The standard InChI is InChI=1S/C17H15ClFN3O3S/c1-2-6-21-16(24)15-13(5-7-26-15)22(17(21)25)9-14(23)20-12-8-10(19)3-4-11(12)18/h3-5,7-8H,2,6,9H2,1H3,(H,20,23). The zero-order chi connectivity index (χ0) is 18.8. The third-order valence-electron chi connectivity index (χ3n) is 3.79. The molecule has 3 rings (SSSR count). The van der Waals surface area contributed by atoms with Crippen molar-refractivity contribution >= 4 is 44.7 Å². The first-order valence-corrected chi connectivity index (χ1v) is 9.14. The SMILES string of the molecule is CCCn1c(=O)c2sccc2n(CC(=O)Nc2cc(F)ccc2Cl)c1=O. The number of anilines is 1. The van der Waals surface area contributed by atoms with Crippen LogP contribution < -0.4 is 16.6 Å². The minimum absolute atomic E-state index is 0.119. The maximum Gasteiger partial charge on any atom is 0.332 e. The number of nitrogens with one attached hydrogen (secondary N) is 1. The molecule has 136 valence electrons. The van der Waals surface area contributed by atoms with E-state index in [4.69, 9.17) is 11.6 Å². The number of nitrogens with zero attached hydrogens (tertiary/aromatic N) is 2. The molecule has 2 heterocycles. The largest absolute Gasteiger partial charge is 0.332 e. The van der Waals surface area contributed by atoms with Crippen LogP contribution in [0.15, 0.2) is 39.2 Å². The molecule has 0 fully saturated rings. The Labute approximate surface area is 156 Å². The predicted octanol–water partition coefficient (Wildman–Crippen LogP) is 3.07. The number of fused-ring (bicyclic) bond motifs is 1. The lowest BCUT2D eigenvalue weighted by atomic mass is 10.3. The fourth-order valence-corrected chi connectivity index (χ4v) is 3.64. The highest BCUT2D eigenvalue weighted by Crippen LogP contribution is 2.22. The molecule has 1 aromatic carbocycles. The first-order chi connectivity index (χ1) is 12.4. The van der Waals surface area contributed by atoms with Gasteiger partial charge in [0.05, 0.1) is 16.2 Å². The molecule has 0 atom stereocenters. The maximum absolute atomic E-state index is 13.3. The molecule has 0 saturated heterocycles. The average molecular weight is 396 g/mol.